The van der Waals surface area contributed by atoms with E-state index in [4.69, 9.17) is 16.6 Å². The maximum Gasteiger partial charge on any atom is 0.239 e. The number of aliphatic hydroxyl groups is 1. The molecule has 16 heteroatoms. The minimum absolute atomic E-state index is 0. The van der Waals surface area contributed by atoms with E-state index in [1.807, 2.05) is 59.8 Å². The first-order valence-electron chi connectivity index (χ1n) is 20.7. The quantitative estimate of drug-likeness (QED) is 0.0313. The van der Waals surface area contributed by atoms with Crippen molar-refractivity contribution in [3.05, 3.63) is 54.5 Å². The summed E-state index contributed by atoms with van der Waals surface area (Å²) in [7, 11) is 1.73. The zero-order chi connectivity index (χ0) is 45.7. The Morgan fingerprint density at radius 2 is 1.47 bits per heavy atom. The fraction of sp³-hybridized carbons (Fsp3) is 0.614. The molecule has 4 amide bonds. The summed E-state index contributed by atoms with van der Waals surface area (Å²) in [5.41, 5.74) is 12.5. The number of nitrogens with one attached hydrogen (secondary N) is 5. The molecule has 3 atom stereocenters. The summed E-state index contributed by atoms with van der Waals surface area (Å²) in [6.45, 7) is 22.1. The molecule has 0 aliphatic rings. The molecule has 2 rings (SSSR count). The molecule has 60 heavy (non-hydrogen) atoms. The number of carbonyl (C=O) groups excluding carboxylic acids is 6. The van der Waals surface area contributed by atoms with Gasteiger partial charge in [0.05, 0.1) is 37.5 Å². The van der Waals surface area contributed by atoms with Crippen molar-refractivity contribution in [2.24, 2.45) is 11.5 Å². The Hall–Kier alpha value is -3.60. The SMILES string of the molecule is C/C=C(\C)O.CC.CC.CC.CCCC(CC)NC(=O)C(N)CCCCNC(=O)CCC(C=O)NC(=O)CNC(=O)CN.CNCC=O.Cc1csc2ccccc12.[CH3-].[V]. The number of hydrogen-bond donors (Lipinski definition) is 8. The van der Waals surface area contributed by atoms with Crippen LogP contribution in [0.3, 0.4) is 0 Å². The summed E-state index contributed by atoms with van der Waals surface area (Å²) < 4.78 is 1.39. The number of aldehydes is 2. The minimum atomic E-state index is -0.820. The van der Waals surface area contributed by atoms with Gasteiger partial charge in [0.15, 0.2) is 0 Å². The van der Waals surface area contributed by atoms with Gasteiger partial charge in [0.25, 0.3) is 0 Å². The van der Waals surface area contributed by atoms with Gasteiger partial charge >= 0.3 is 0 Å². The number of hydrogen-bond acceptors (Lipinski definition) is 11. The second-order valence-electron chi connectivity index (χ2n) is 11.8. The number of allylic oxidation sites excluding steroid dienone is 2. The van der Waals surface area contributed by atoms with Crippen LogP contribution < -0.4 is 38.1 Å². The Labute approximate surface area is 379 Å². The molecule has 1 heterocycles. The van der Waals surface area contributed by atoms with E-state index < -0.39 is 23.9 Å². The van der Waals surface area contributed by atoms with Gasteiger partial charge in [-0.2, -0.15) is 0 Å². The van der Waals surface area contributed by atoms with E-state index >= 15 is 0 Å². The molecule has 349 valence electrons. The average Bonchev–Trinajstić information content (AvgIpc) is 3.64. The largest absolute Gasteiger partial charge is 0.513 e. The molecule has 0 saturated carbocycles. The standard InChI is InChI=1S/C21H40N6O5.C9H8S.C4H8O.C3H7NO.3C2H6.CH3.V/c1-3-7-15(4-2)27-21(32)17(23)8-5-6-11-24-18(29)10-9-16(14-28)26-20(31)13-25-19(30)12-22;1-7-6-10-9-5-3-2-4-8(7)9;1-3-4(2)5;1-4-2-3-5;3*1-2;;/h14-17H,3-13,22-23H2,1-2H3,(H,24,29)(H,25,30)(H,26,31)(H,27,32);2-6H,1H3;3,5H,1-2H3;3-4H,2H2,1H3;3*1-2H3;1H3;/q;;;;;;;-1;/b;;4-3+;;;;;;. The number of fused-ring (bicyclic) bond motifs is 1. The van der Waals surface area contributed by atoms with Crippen molar-refractivity contribution in [3.63, 3.8) is 0 Å². The molecule has 3 unspecified atom stereocenters. The van der Waals surface area contributed by atoms with Crippen molar-refractivity contribution in [1.82, 2.24) is 26.6 Å². The maximum absolute atomic E-state index is 12.1. The zero-order valence-corrected chi connectivity index (χ0v) is 41.5. The van der Waals surface area contributed by atoms with E-state index in [0.29, 0.717) is 44.4 Å². The van der Waals surface area contributed by atoms with Crippen molar-refractivity contribution in [3.8, 4) is 0 Å². The van der Waals surface area contributed by atoms with Crippen LogP contribution in [0.5, 0.6) is 0 Å². The molecular weight excluding hydrogens is 822 g/mol. The molecule has 2 aromatic rings. The summed E-state index contributed by atoms with van der Waals surface area (Å²) in [6, 6.07) is 7.26. The molecule has 0 spiro atoms. The molecule has 1 radical (unpaired) electrons. The Balaban J connectivity index is -0.000000162. The van der Waals surface area contributed by atoms with Gasteiger partial charge in [-0.15, -0.1) is 11.3 Å². The van der Waals surface area contributed by atoms with Gasteiger partial charge in [0, 0.05) is 42.3 Å². The maximum atomic E-state index is 12.1. The monoisotopic (exact) mass is 906 g/mol. The molecule has 0 fully saturated rings. The van der Waals surface area contributed by atoms with Gasteiger partial charge in [-0.25, -0.2) is 0 Å². The van der Waals surface area contributed by atoms with E-state index in [2.05, 4.69) is 70.1 Å². The summed E-state index contributed by atoms with van der Waals surface area (Å²) in [6.07, 6.45) is 7.92. The predicted molar refractivity (Wildman–Crippen MR) is 250 cm³/mol. The first-order valence-corrected chi connectivity index (χ1v) is 21.6. The van der Waals surface area contributed by atoms with Crippen LogP contribution in [0.4, 0.5) is 0 Å². The second kappa shape index (κ2) is 53.4. The fourth-order valence-electron chi connectivity index (χ4n) is 4.14. The Bertz CT molecular complexity index is 1340. The topological polar surface area (TPSA) is 235 Å². The van der Waals surface area contributed by atoms with Crippen molar-refractivity contribution in [1.29, 1.82) is 0 Å². The number of thiophene rings is 1. The van der Waals surface area contributed by atoms with Gasteiger partial charge in [-0.1, -0.05) is 86.1 Å². The van der Waals surface area contributed by atoms with Crippen LogP contribution in [0.25, 0.3) is 10.1 Å². The van der Waals surface area contributed by atoms with Gasteiger partial charge in [0.1, 0.15) is 12.6 Å². The number of aliphatic hydroxyl groups excluding tert-OH is 1. The van der Waals surface area contributed by atoms with E-state index in [-0.39, 0.29) is 69.8 Å². The summed E-state index contributed by atoms with van der Waals surface area (Å²) in [5, 5.41) is 24.9. The summed E-state index contributed by atoms with van der Waals surface area (Å²) >= 11 is 1.81. The molecular formula is C44H84N7O7SV-. The third-order valence-electron chi connectivity index (χ3n) is 7.28. The number of amides is 4. The van der Waals surface area contributed by atoms with Crippen LogP contribution in [0.15, 0.2) is 41.5 Å². The molecule has 0 bridgehead atoms. The molecule has 0 aliphatic carbocycles. The van der Waals surface area contributed by atoms with E-state index in [9.17, 15) is 28.8 Å². The number of nitrogens with two attached hydrogens (primary N) is 2. The third kappa shape index (κ3) is 44.0. The Morgan fingerprint density at radius 1 is 0.883 bits per heavy atom. The number of carbonyl (C=O) groups is 6. The molecule has 0 saturated heterocycles. The van der Waals surface area contributed by atoms with E-state index in [0.717, 1.165) is 25.5 Å². The summed E-state index contributed by atoms with van der Waals surface area (Å²) in [5.74, 6) is -1.02. The minimum Gasteiger partial charge on any atom is -0.513 e. The first kappa shape index (κ1) is 70.9. The molecule has 1 aromatic heterocycles. The number of aryl methyl sites for hydroxylation is 1. The number of likely N-dealkylation sites (N-methyl/N-ethyl adjacent to an activating group) is 1. The van der Waals surface area contributed by atoms with Crippen molar-refractivity contribution < 1.29 is 52.4 Å². The number of benzene rings is 1. The normalized spacial score (nSPS) is 10.8. The van der Waals surface area contributed by atoms with Gasteiger partial charge in [-0.3, -0.25) is 19.2 Å². The third-order valence-corrected chi connectivity index (χ3v) is 8.36. The van der Waals surface area contributed by atoms with Crippen LogP contribution in [0.1, 0.15) is 126 Å². The zero-order valence-electron chi connectivity index (χ0n) is 39.2. The predicted octanol–water partition coefficient (Wildman–Crippen LogP) is 6.44. The van der Waals surface area contributed by atoms with Crippen LogP contribution in [-0.4, -0.2) is 92.7 Å². The van der Waals surface area contributed by atoms with E-state index in [1.54, 1.807) is 27.0 Å². The number of unbranched alkanes of at least 4 members (excludes halogenated alkanes) is 1. The average molecular weight is 906 g/mol. The van der Waals surface area contributed by atoms with Crippen molar-refractivity contribution in [2.45, 2.75) is 146 Å². The van der Waals surface area contributed by atoms with Gasteiger partial charge < -0.3 is 60.2 Å². The van der Waals surface area contributed by atoms with E-state index in [1.165, 1.54) is 15.6 Å². The molecule has 0 aliphatic heterocycles. The molecule has 10 N–H and O–H groups in total. The van der Waals surface area contributed by atoms with Crippen molar-refractivity contribution >= 4 is 57.6 Å². The Morgan fingerprint density at radius 3 is 1.92 bits per heavy atom. The smallest absolute Gasteiger partial charge is 0.239 e. The fourth-order valence-corrected chi connectivity index (χ4v) is 5.08. The van der Waals surface area contributed by atoms with Crippen molar-refractivity contribution in [2.75, 3.05) is 33.2 Å². The second-order valence-corrected chi connectivity index (χ2v) is 12.7. The van der Waals surface area contributed by atoms with Crippen LogP contribution >= 0.6 is 11.3 Å². The first-order chi connectivity index (χ1) is 27.8. The molecule has 1 aromatic carbocycles. The van der Waals surface area contributed by atoms with Crippen LogP contribution in [-0.2, 0) is 47.3 Å². The van der Waals surface area contributed by atoms with Crippen LogP contribution in [0, 0.1) is 14.4 Å². The number of rotatable bonds is 20. The Kier molecular flexibility index (Phi) is 63.2. The molecule has 14 nitrogen and oxygen atoms in total. The van der Waals surface area contributed by atoms with Crippen LogP contribution in [0.2, 0.25) is 0 Å². The van der Waals surface area contributed by atoms with Gasteiger partial charge in [-0.05, 0) is 88.7 Å². The summed E-state index contributed by atoms with van der Waals surface area (Å²) in [4.78, 5) is 67.2. The van der Waals surface area contributed by atoms with Gasteiger partial charge in [0.2, 0.25) is 23.6 Å².